The molecule has 110 valence electrons. The molecule has 0 saturated heterocycles. The molecule has 0 bridgehead atoms. The molecule has 1 aromatic heterocycles. The zero-order chi connectivity index (χ0) is 13.2. The number of benzene rings is 1. The van der Waals surface area contributed by atoms with Crippen LogP contribution in [0, 0.1) is 0 Å². The highest BCUT2D eigenvalue weighted by Gasteiger charge is 2.29. The van der Waals surface area contributed by atoms with Crippen LogP contribution in [0.1, 0.15) is 11.1 Å². The van der Waals surface area contributed by atoms with Crippen LogP contribution in [0.3, 0.4) is 0 Å². The Labute approximate surface area is 127 Å². The van der Waals surface area contributed by atoms with E-state index in [1.165, 1.54) is 12.1 Å². The van der Waals surface area contributed by atoms with Crippen LogP contribution in [0.2, 0.25) is 0 Å². The Morgan fingerprint density at radius 2 is 1.60 bits per heavy atom. The Kier molecular flexibility index (Phi) is 6.99. The van der Waals surface area contributed by atoms with Crippen LogP contribution in [0.15, 0.2) is 42.6 Å². The Morgan fingerprint density at radius 3 is 2.10 bits per heavy atom. The molecule has 1 aromatic carbocycles. The summed E-state index contributed by atoms with van der Waals surface area (Å²) < 4.78 is 37.2. The van der Waals surface area contributed by atoms with Gasteiger partial charge in [-0.1, -0.05) is 12.1 Å². The largest absolute Gasteiger partial charge is 0.416 e. The second kappa shape index (κ2) is 7.47. The van der Waals surface area contributed by atoms with Crippen molar-refractivity contribution in [3.8, 4) is 11.3 Å². The lowest BCUT2D eigenvalue weighted by Crippen LogP contribution is -2.04. The van der Waals surface area contributed by atoms with Gasteiger partial charge in [-0.15, -0.1) is 24.8 Å². The topological polar surface area (TPSA) is 38.9 Å². The third-order valence-corrected chi connectivity index (χ3v) is 2.57. The highest BCUT2D eigenvalue weighted by Crippen LogP contribution is 2.30. The van der Waals surface area contributed by atoms with Crippen LogP contribution in [0.5, 0.6) is 0 Å². The van der Waals surface area contributed by atoms with Gasteiger partial charge in [-0.3, -0.25) is 4.98 Å². The van der Waals surface area contributed by atoms with E-state index in [0.29, 0.717) is 17.8 Å². The van der Waals surface area contributed by atoms with Crippen LogP contribution in [0.25, 0.3) is 11.3 Å². The van der Waals surface area contributed by atoms with Gasteiger partial charge in [0.15, 0.2) is 0 Å². The van der Waals surface area contributed by atoms with Gasteiger partial charge in [0.05, 0.1) is 11.3 Å². The first kappa shape index (κ1) is 18.7. The number of aromatic nitrogens is 1. The van der Waals surface area contributed by atoms with E-state index in [-0.39, 0.29) is 24.8 Å². The lowest BCUT2D eigenvalue weighted by atomic mass is 10.1. The molecule has 0 radical (unpaired) electrons. The van der Waals surface area contributed by atoms with Gasteiger partial charge in [-0.2, -0.15) is 13.2 Å². The van der Waals surface area contributed by atoms with Crippen molar-refractivity contribution >= 4 is 24.8 Å². The maximum Gasteiger partial charge on any atom is 0.416 e. The van der Waals surface area contributed by atoms with Crippen molar-refractivity contribution in [1.82, 2.24) is 4.98 Å². The molecule has 7 heteroatoms. The summed E-state index contributed by atoms with van der Waals surface area (Å²) >= 11 is 0. The van der Waals surface area contributed by atoms with Crippen LogP contribution >= 0.6 is 24.8 Å². The summed E-state index contributed by atoms with van der Waals surface area (Å²) in [7, 11) is 0. The lowest BCUT2D eigenvalue weighted by Gasteiger charge is -2.07. The fourth-order valence-corrected chi connectivity index (χ4v) is 1.59. The molecule has 0 aliphatic rings. The van der Waals surface area contributed by atoms with Crippen molar-refractivity contribution in [2.24, 2.45) is 5.73 Å². The number of halogens is 5. The van der Waals surface area contributed by atoms with E-state index < -0.39 is 11.7 Å². The van der Waals surface area contributed by atoms with Crippen molar-refractivity contribution in [2.75, 3.05) is 0 Å². The smallest absolute Gasteiger partial charge is 0.326 e. The van der Waals surface area contributed by atoms with Gasteiger partial charge in [0, 0.05) is 18.3 Å². The van der Waals surface area contributed by atoms with Crippen molar-refractivity contribution < 1.29 is 13.2 Å². The predicted molar refractivity (Wildman–Crippen MR) is 77.1 cm³/mol. The number of nitrogens with zero attached hydrogens (tertiary/aromatic N) is 1. The zero-order valence-corrected chi connectivity index (χ0v) is 11.9. The molecule has 0 aliphatic carbocycles. The Bertz CT molecular complexity index is 542. The molecular formula is C13H13Cl2F3N2. The minimum atomic E-state index is -4.31. The average molecular weight is 325 g/mol. The minimum absolute atomic E-state index is 0. The second-order valence-electron chi connectivity index (χ2n) is 3.83. The molecule has 0 saturated carbocycles. The molecule has 0 fully saturated rings. The molecule has 0 aliphatic heterocycles. The van der Waals surface area contributed by atoms with Crippen molar-refractivity contribution in [3.63, 3.8) is 0 Å². The van der Waals surface area contributed by atoms with Gasteiger partial charge >= 0.3 is 6.18 Å². The van der Waals surface area contributed by atoms with Crippen molar-refractivity contribution in [1.29, 1.82) is 0 Å². The molecule has 20 heavy (non-hydrogen) atoms. The number of hydrogen-bond acceptors (Lipinski definition) is 2. The number of nitrogens with two attached hydrogens (primary N) is 1. The molecule has 2 nitrogen and oxygen atoms in total. The molecule has 0 amide bonds. The summed E-state index contributed by atoms with van der Waals surface area (Å²) in [5.41, 5.74) is 6.98. The SMILES string of the molecule is Cl.Cl.NCc1ccnc(-c2ccc(C(F)(F)F)cc2)c1. The van der Waals surface area contributed by atoms with E-state index in [4.69, 9.17) is 5.73 Å². The summed E-state index contributed by atoms with van der Waals surface area (Å²) in [4.78, 5) is 4.11. The fraction of sp³-hybridized carbons (Fsp3) is 0.154. The van der Waals surface area contributed by atoms with Crippen molar-refractivity contribution in [2.45, 2.75) is 12.7 Å². The standard InChI is InChI=1S/C13H11F3N2.2ClH/c14-13(15,16)11-3-1-10(2-4-11)12-7-9(8-17)5-6-18-12;;/h1-7H,8,17H2;2*1H. The first-order valence-electron chi connectivity index (χ1n) is 5.33. The van der Waals surface area contributed by atoms with E-state index in [0.717, 1.165) is 17.7 Å². The number of rotatable bonds is 2. The maximum absolute atomic E-state index is 12.4. The first-order chi connectivity index (χ1) is 8.50. The summed E-state index contributed by atoms with van der Waals surface area (Å²) in [6.07, 6.45) is -2.72. The van der Waals surface area contributed by atoms with E-state index in [1.807, 2.05) is 0 Å². The molecule has 2 aromatic rings. The lowest BCUT2D eigenvalue weighted by molar-refractivity contribution is -0.137. The van der Waals surface area contributed by atoms with Gasteiger partial charge in [0.2, 0.25) is 0 Å². The van der Waals surface area contributed by atoms with E-state index in [1.54, 1.807) is 18.3 Å². The number of alkyl halides is 3. The number of pyridine rings is 1. The Hall–Kier alpha value is -1.30. The van der Waals surface area contributed by atoms with Crippen LogP contribution in [-0.2, 0) is 12.7 Å². The second-order valence-corrected chi connectivity index (χ2v) is 3.83. The highest BCUT2D eigenvalue weighted by molar-refractivity contribution is 5.85. The fourth-order valence-electron chi connectivity index (χ4n) is 1.59. The molecule has 2 rings (SSSR count). The molecule has 2 N–H and O–H groups in total. The van der Waals surface area contributed by atoms with Gasteiger partial charge in [-0.25, -0.2) is 0 Å². The van der Waals surface area contributed by atoms with Gasteiger partial charge in [0.25, 0.3) is 0 Å². The molecular weight excluding hydrogens is 312 g/mol. The van der Waals surface area contributed by atoms with Crippen molar-refractivity contribution in [3.05, 3.63) is 53.7 Å². The third kappa shape index (κ3) is 4.37. The highest BCUT2D eigenvalue weighted by atomic mass is 35.5. The van der Waals surface area contributed by atoms with Gasteiger partial charge in [-0.05, 0) is 29.8 Å². The molecule has 1 heterocycles. The molecule has 0 spiro atoms. The predicted octanol–water partition coefficient (Wildman–Crippen LogP) is 4.07. The first-order valence-corrected chi connectivity index (χ1v) is 5.33. The molecule has 0 atom stereocenters. The summed E-state index contributed by atoms with van der Waals surface area (Å²) in [5.74, 6) is 0. The zero-order valence-electron chi connectivity index (χ0n) is 10.2. The van der Waals surface area contributed by atoms with E-state index >= 15 is 0 Å². The summed E-state index contributed by atoms with van der Waals surface area (Å²) in [6.45, 7) is 0.371. The van der Waals surface area contributed by atoms with E-state index in [9.17, 15) is 13.2 Å². The quantitative estimate of drug-likeness (QED) is 0.904. The summed E-state index contributed by atoms with van der Waals surface area (Å²) in [6, 6.07) is 8.45. The van der Waals surface area contributed by atoms with Gasteiger partial charge in [0.1, 0.15) is 0 Å². The Morgan fingerprint density at radius 1 is 1.00 bits per heavy atom. The van der Waals surface area contributed by atoms with Gasteiger partial charge < -0.3 is 5.73 Å². The van der Waals surface area contributed by atoms with Crippen LogP contribution in [0.4, 0.5) is 13.2 Å². The third-order valence-electron chi connectivity index (χ3n) is 2.57. The van der Waals surface area contributed by atoms with Crippen LogP contribution < -0.4 is 5.73 Å². The average Bonchev–Trinajstić information content (AvgIpc) is 2.38. The molecule has 0 unspecified atom stereocenters. The van der Waals surface area contributed by atoms with E-state index in [2.05, 4.69) is 4.98 Å². The summed E-state index contributed by atoms with van der Waals surface area (Å²) in [5, 5.41) is 0. The Balaban J connectivity index is 0.00000180. The normalized spacial score (nSPS) is 10.4. The maximum atomic E-state index is 12.4. The number of hydrogen-bond donors (Lipinski definition) is 1. The monoisotopic (exact) mass is 324 g/mol. The minimum Gasteiger partial charge on any atom is -0.326 e. The van der Waals surface area contributed by atoms with Crippen LogP contribution in [-0.4, -0.2) is 4.98 Å².